The summed E-state index contributed by atoms with van der Waals surface area (Å²) in [5, 5.41) is 20.7. The van der Waals surface area contributed by atoms with Crippen LogP contribution in [0.3, 0.4) is 0 Å². The van der Waals surface area contributed by atoms with Gasteiger partial charge in [0.15, 0.2) is 5.69 Å². The van der Waals surface area contributed by atoms with Gasteiger partial charge in [-0.25, -0.2) is 4.98 Å². The van der Waals surface area contributed by atoms with Gasteiger partial charge in [0.2, 0.25) is 11.8 Å². The Morgan fingerprint density at radius 1 is 0.926 bits per heavy atom. The van der Waals surface area contributed by atoms with Crippen LogP contribution in [0.2, 0.25) is 0 Å². The highest BCUT2D eigenvalue weighted by Crippen LogP contribution is 2.04. The molecule has 0 bridgehead atoms. The van der Waals surface area contributed by atoms with Gasteiger partial charge in [-0.1, -0.05) is 0 Å². The number of nitrogens with one attached hydrogen (secondary N) is 3. The van der Waals surface area contributed by atoms with Gasteiger partial charge in [-0.3, -0.25) is 39.4 Å². The van der Waals surface area contributed by atoms with E-state index in [4.69, 9.17) is 21.7 Å². The molecular weight excluding hydrogens is 368 g/mol. The summed E-state index contributed by atoms with van der Waals surface area (Å²) in [6, 6.07) is -3.03. The van der Waals surface area contributed by atoms with Crippen molar-refractivity contribution >= 4 is 35.6 Å². The Hall–Kier alpha value is -3.65. The fourth-order valence-corrected chi connectivity index (χ4v) is 1.73. The van der Waals surface area contributed by atoms with Crippen molar-refractivity contribution in [3.8, 4) is 0 Å². The zero-order valence-corrected chi connectivity index (χ0v) is 13.6. The van der Waals surface area contributed by atoms with E-state index in [2.05, 4.69) is 9.97 Å². The number of aromatic amines is 1. The summed E-state index contributed by atoms with van der Waals surface area (Å²) in [7, 11) is 0. The summed E-state index contributed by atoms with van der Waals surface area (Å²) in [6.45, 7) is 0. The third kappa shape index (κ3) is 6.29. The Bertz CT molecular complexity index is 725. The van der Waals surface area contributed by atoms with Gasteiger partial charge in [-0.2, -0.15) is 0 Å². The molecular formula is C13H16N6O8. The number of carbonyl (C=O) groups excluding carboxylic acids is 4. The average molecular weight is 384 g/mol. The van der Waals surface area contributed by atoms with Gasteiger partial charge in [-0.15, -0.1) is 0 Å². The maximum atomic E-state index is 12.0. The molecule has 0 saturated heterocycles. The van der Waals surface area contributed by atoms with Crippen LogP contribution in [-0.2, 0) is 19.2 Å². The fraction of sp³-hybridized carbons (Fsp3) is 0.308. The molecule has 9 N–H and O–H groups in total. The first-order valence-corrected chi connectivity index (χ1v) is 7.21. The average Bonchev–Trinajstić information content (AvgIpc) is 3.03. The minimum absolute atomic E-state index is 0.511. The molecule has 0 aliphatic carbocycles. The smallest absolute Gasteiger partial charge is 0.305 e. The standard InChI is InChI=1S/C13H16N6O8/c14-4(1-6(20)21)10(24)18-12(26)8-9(17-3-16-8)13(27)19-11(25)5(15)2-7(22)23/h3-5H,1-2,14-15H2,(H,16,17)(H,20,21)(H,22,23)(H,18,24,26)(H,19,25,27)/t4-,5-/m0/s1. The quantitative estimate of drug-likeness (QED) is 0.232. The lowest BCUT2D eigenvalue weighted by Crippen LogP contribution is -2.46. The molecule has 0 saturated carbocycles. The molecule has 0 radical (unpaired) electrons. The van der Waals surface area contributed by atoms with Crippen molar-refractivity contribution in [3.05, 3.63) is 17.7 Å². The number of imide groups is 2. The Morgan fingerprint density at radius 3 is 1.81 bits per heavy atom. The molecule has 1 rings (SSSR count). The summed E-state index contributed by atoms with van der Waals surface area (Å²) in [5.41, 5.74) is 9.51. The van der Waals surface area contributed by atoms with E-state index >= 15 is 0 Å². The van der Waals surface area contributed by atoms with E-state index in [0.717, 1.165) is 6.33 Å². The summed E-state index contributed by atoms with van der Waals surface area (Å²) in [6.07, 6.45) is -0.540. The molecule has 14 nitrogen and oxygen atoms in total. The van der Waals surface area contributed by atoms with Crippen LogP contribution in [0, 0.1) is 0 Å². The number of aliphatic carboxylic acids is 2. The number of carboxylic acid groups (broad SMARTS) is 2. The molecule has 146 valence electrons. The first kappa shape index (κ1) is 21.4. The van der Waals surface area contributed by atoms with E-state index in [9.17, 15) is 28.8 Å². The van der Waals surface area contributed by atoms with Gasteiger partial charge in [0.25, 0.3) is 11.8 Å². The number of amides is 4. The highest BCUT2D eigenvalue weighted by Gasteiger charge is 2.27. The number of nitrogens with two attached hydrogens (primary N) is 2. The maximum absolute atomic E-state index is 12.0. The van der Waals surface area contributed by atoms with Crippen molar-refractivity contribution in [2.45, 2.75) is 24.9 Å². The first-order chi connectivity index (χ1) is 12.5. The summed E-state index contributed by atoms with van der Waals surface area (Å²) >= 11 is 0. The van der Waals surface area contributed by atoms with E-state index < -0.39 is 71.9 Å². The van der Waals surface area contributed by atoms with E-state index in [0.29, 0.717) is 0 Å². The van der Waals surface area contributed by atoms with Crippen molar-refractivity contribution in [1.82, 2.24) is 20.6 Å². The lowest BCUT2D eigenvalue weighted by Gasteiger charge is -2.10. The van der Waals surface area contributed by atoms with Crippen molar-refractivity contribution in [2.24, 2.45) is 11.5 Å². The molecule has 1 aromatic rings. The van der Waals surface area contributed by atoms with Gasteiger partial charge >= 0.3 is 11.9 Å². The lowest BCUT2D eigenvalue weighted by molar-refractivity contribution is -0.139. The number of imidazole rings is 1. The van der Waals surface area contributed by atoms with Gasteiger partial charge in [0.1, 0.15) is 5.69 Å². The highest BCUT2D eigenvalue weighted by atomic mass is 16.4. The van der Waals surface area contributed by atoms with Crippen molar-refractivity contribution < 1.29 is 39.0 Å². The molecule has 14 heteroatoms. The van der Waals surface area contributed by atoms with Crippen LogP contribution in [0.15, 0.2) is 6.33 Å². The normalized spacial score (nSPS) is 12.5. The molecule has 0 aliphatic rings. The SMILES string of the molecule is N[C@@H](CC(=O)O)C(=O)NC(=O)c1nc[nH]c1C(=O)NC(=O)[C@@H](N)CC(=O)O. The first-order valence-electron chi connectivity index (χ1n) is 7.21. The Labute approximate surface area is 150 Å². The second kappa shape index (κ2) is 9.16. The van der Waals surface area contributed by atoms with Crippen LogP contribution in [0.4, 0.5) is 0 Å². The van der Waals surface area contributed by atoms with E-state index in [1.807, 2.05) is 0 Å². The van der Waals surface area contributed by atoms with Gasteiger partial charge in [0, 0.05) is 0 Å². The molecule has 0 aromatic carbocycles. The lowest BCUT2D eigenvalue weighted by atomic mass is 10.2. The number of hydrogen-bond donors (Lipinski definition) is 7. The van der Waals surface area contributed by atoms with Crippen molar-refractivity contribution in [2.75, 3.05) is 0 Å². The third-order valence-corrected chi connectivity index (χ3v) is 3.02. The second-order valence-electron chi connectivity index (χ2n) is 5.17. The largest absolute Gasteiger partial charge is 0.481 e. The minimum atomic E-state index is -1.52. The number of hydrogen-bond acceptors (Lipinski definition) is 9. The maximum Gasteiger partial charge on any atom is 0.305 e. The second-order valence-corrected chi connectivity index (χ2v) is 5.17. The molecule has 1 aromatic heterocycles. The van der Waals surface area contributed by atoms with Crippen LogP contribution < -0.4 is 22.1 Å². The van der Waals surface area contributed by atoms with E-state index in [-0.39, 0.29) is 0 Å². The predicted molar refractivity (Wildman–Crippen MR) is 84.0 cm³/mol. The number of carboxylic acids is 2. The molecule has 0 spiro atoms. The summed E-state index contributed by atoms with van der Waals surface area (Å²) < 4.78 is 0. The minimum Gasteiger partial charge on any atom is -0.481 e. The molecule has 27 heavy (non-hydrogen) atoms. The highest BCUT2D eigenvalue weighted by molar-refractivity contribution is 6.13. The Morgan fingerprint density at radius 2 is 1.37 bits per heavy atom. The van der Waals surface area contributed by atoms with E-state index in [1.54, 1.807) is 10.6 Å². The van der Waals surface area contributed by atoms with Gasteiger partial charge < -0.3 is 26.7 Å². The topological polar surface area (TPSA) is 248 Å². The summed E-state index contributed by atoms with van der Waals surface area (Å²) in [4.78, 5) is 74.2. The van der Waals surface area contributed by atoms with Crippen molar-refractivity contribution in [3.63, 3.8) is 0 Å². The van der Waals surface area contributed by atoms with Crippen LogP contribution in [0.25, 0.3) is 0 Å². The number of carbonyl (C=O) groups is 6. The number of H-pyrrole nitrogens is 1. The zero-order chi connectivity index (χ0) is 20.7. The zero-order valence-electron chi connectivity index (χ0n) is 13.6. The molecule has 0 unspecified atom stereocenters. The van der Waals surface area contributed by atoms with Crippen LogP contribution >= 0.6 is 0 Å². The Kier molecular flexibility index (Phi) is 7.26. The predicted octanol–water partition coefficient (Wildman–Crippen LogP) is -3.47. The molecule has 0 fully saturated rings. The van der Waals surface area contributed by atoms with Crippen LogP contribution in [0.1, 0.15) is 33.8 Å². The molecule has 0 aliphatic heterocycles. The molecule has 4 amide bonds. The van der Waals surface area contributed by atoms with E-state index in [1.165, 1.54) is 0 Å². The molecule has 2 atom stereocenters. The van der Waals surface area contributed by atoms with Gasteiger partial charge in [-0.05, 0) is 0 Å². The Balaban J connectivity index is 2.80. The van der Waals surface area contributed by atoms with Crippen molar-refractivity contribution in [1.29, 1.82) is 0 Å². The third-order valence-electron chi connectivity index (χ3n) is 3.02. The molecule has 1 heterocycles. The van der Waals surface area contributed by atoms with Crippen LogP contribution in [0.5, 0.6) is 0 Å². The number of nitrogens with zero attached hydrogens (tertiary/aromatic N) is 1. The summed E-state index contributed by atoms with van der Waals surface area (Å²) in [5.74, 6) is -7.26. The van der Waals surface area contributed by atoms with Crippen LogP contribution in [-0.4, -0.2) is 67.8 Å². The monoisotopic (exact) mass is 384 g/mol. The van der Waals surface area contributed by atoms with Gasteiger partial charge in [0.05, 0.1) is 31.3 Å². The fourth-order valence-electron chi connectivity index (χ4n) is 1.73. The number of aromatic nitrogens is 2. The number of rotatable bonds is 8.